The summed E-state index contributed by atoms with van der Waals surface area (Å²) < 4.78 is 0. The van der Waals surface area contributed by atoms with Crippen LogP contribution in [0, 0.1) is 0 Å². The average Bonchev–Trinajstić information content (AvgIpc) is 1.66. The van der Waals surface area contributed by atoms with Gasteiger partial charge >= 0.3 is 0 Å². The zero-order valence-corrected chi connectivity index (χ0v) is 4.94. The van der Waals surface area contributed by atoms with Gasteiger partial charge in [-0.2, -0.15) is 0 Å². The molecular formula is C6H9O2. The first kappa shape index (κ1) is 7.34. The Morgan fingerprint density at radius 3 is 2.62 bits per heavy atom. The molecule has 0 aromatic carbocycles. The number of Topliss-reactive ketones (excluding diaryl/α,β-unsaturated/α-hetero) is 1. The minimum atomic E-state index is 0.139. The third-order valence-corrected chi connectivity index (χ3v) is 0.808. The van der Waals surface area contributed by atoms with Crippen LogP contribution in [0.2, 0.25) is 0 Å². The third-order valence-electron chi connectivity index (χ3n) is 0.808. The largest absolute Gasteiger partial charge is 0.300 e. The molecule has 0 saturated carbocycles. The van der Waals surface area contributed by atoms with Crippen molar-refractivity contribution >= 4 is 12.1 Å². The summed E-state index contributed by atoms with van der Waals surface area (Å²) >= 11 is 0. The molecule has 0 unspecified atom stereocenters. The van der Waals surface area contributed by atoms with Gasteiger partial charge in [-0.25, -0.2) is 0 Å². The molecule has 0 N–H and O–H groups in total. The number of hydrogen-bond acceptors (Lipinski definition) is 2. The quantitative estimate of drug-likeness (QED) is 0.506. The van der Waals surface area contributed by atoms with E-state index in [2.05, 4.69) is 0 Å². The molecular weight excluding hydrogens is 104 g/mol. The first-order valence-electron chi connectivity index (χ1n) is 2.62. The van der Waals surface area contributed by atoms with Gasteiger partial charge in [0.25, 0.3) is 0 Å². The fourth-order valence-corrected chi connectivity index (χ4v) is 0.410. The normalized spacial score (nSPS) is 8.62. The van der Waals surface area contributed by atoms with Crippen LogP contribution < -0.4 is 0 Å². The molecule has 0 spiro atoms. The van der Waals surface area contributed by atoms with Crippen molar-refractivity contribution in [2.24, 2.45) is 0 Å². The Bertz CT molecular complexity index is 86.5. The van der Waals surface area contributed by atoms with Gasteiger partial charge in [-0.3, -0.25) is 4.79 Å². The summed E-state index contributed by atoms with van der Waals surface area (Å²) in [7, 11) is 0. The van der Waals surface area contributed by atoms with E-state index >= 15 is 0 Å². The van der Waals surface area contributed by atoms with E-state index in [1.54, 1.807) is 6.29 Å². The molecule has 0 aliphatic heterocycles. The van der Waals surface area contributed by atoms with Gasteiger partial charge in [-0.1, -0.05) is 0 Å². The Morgan fingerprint density at radius 2 is 2.25 bits per heavy atom. The highest BCUT2D eigenvalue weighted by molar-refractivity contribution is 5.75. The number of ketones is 1. The van der Waals surface area contributed by atoms with E-state index in [-0.39, 0.29) is 5.78 Å². The van der Waals surface area contributed by atoms with E-state index in [9.17, 15) is 9.59 Å². The second-order valence-corrected chi connectivity index (χ2v) is 1.70. The highest BCUT2D eigenvalue weighted by Gasteiger charge is 1.90. The van der Waals surface area contributed by atoms with E-state index in [0.717, 1.165) is 0 Å². The summed E-state index contributed by atoms with van der Waals surface area (Å²) in [6.45, 7) is 1.52. The molecule has 2 nitrogen and oxygen atoms in total. The second kappa shape index (κ2) is 4.50. The van der Waals surface area contributed by atoms with Crippen LogP contribution in [-0.2, 0) is 9.59 Å². The molecule has 0 fully saturated rings. The number of rotatable bonds is 4. The van der Waals surface area contributed by atoms with Crippen LogP contribution in [0.15, 0.2) is 0 Å². The number of unbranched alkanes of at least 4 members (excludes halogenated alkanes) is 1. The average molecular weight is 113 g/mol. The molecule has 8 heavy (non-hydrogen) atoms. The summed E-state index contributed by atoms with van der Waals surface area (Å²) in [6.07, 6.45) is 3.27. The summed E-state index contributed by atoms with van der Waals surface area (Å²) in [5.41, 5.74) is 0. The monoisotopic (exact) mass is 113 g/mol. The smallest absolute Gasteiger partial charge is 0.198 e. The maximum absolute atomic E-state index is 10.2. The van der Waals surface area contributed by atoms with Crippen molar-refractivity contribution < 1.29 is 9.59 Å². The minimum absolute atomic E-state index is 0.139. The highest BCUT2D eigenvalue weighted by atomic mass is 16.1. The predicted molar refractivity (Wildman–Crippen MR) is 30.2 cm³/mol. The van der Waals surface area contributed by atoms with Crippen LogP contribution in [0.5, 0.6) is 0 Å². The fourth-order valence-electron chi connectivity index (χ4n) is 0.410. The molecule has 0 rings (SSSR count). The van der Waals surface area contributed by atoms with Crippen LogP contribution in [0.4, 0.5) is 0 Å². The van der Waals surface area contributed by atoms with Gasteiger partial charge in [0.15, 0.2) is 6.29 Å². The molecule has 0 amide bonds. The van der Waals surface area contributed by atoms with Crippen LogP contribution in [0.25, 0.3) is 0 Å². The molecule has 0 bridgehead atoms. The maximum atomic E-state index is 10.2. The predicted octanol–water partition coefficient (Wildman–Crippen LogP) is 0.855. The van der Waals surface area contributed by atoms with E-state index < -0.39 is 0 Å². The summed E-state index contributed by atoms with van der Waals surface area (Å²) in [4.78, 5) is 19.7. The highest BCUT2D eigenvalue weighted by Crippen LogP contribution is 1.91. The number of carbonyl (C=O) groups is 1. The molecule has 0 aliphatic carbocycles. The maximum Gasteiger partial charge on any atom is 0.198 e. The Balaban J connectivity index is 2.93. The lowest BCUT2D eigenvalue weighted by atomic mass is 10.2. The van der Waals surface area contributed by atoms with Gasteiger partial charge in [-0.05, 0) is 13.3 Å². The molecule has 1 radical (unpaired) electrons. The number of hydrogen-bond donors (Lipinski definition) is 0. The van der Waals surface area contributed by atoms with Crippen molar-refractivity contribution in [3.63, 3.8) is 0 Å². The lowest BCUT2D eigenvalue weighted by molar-refractivity contribution is -0.117. The Kier molecular flexibility index (Phi) is 4.13. The van der Waals surface area contributed by atoms with Crippen LogP contribution in [-0.4, -0.2) is 12.1 Å². The molecule has 2 heteroatoms. The number of carbonyl (C=O) groups excluding carboxylic acids is 2. The summed E-state index contributed by atoms with van der Waals surface area (Å²) in [5, 5.41) is 0. The first-order chi connectivity index (χ1) is 3.77. The van der Waals surface area contributed by atoms with Gasteiger partial charge in [0.2, 0.25) is 0 Å². The zero-order chi connectivity index (χ0) is 6.41. The van der Waals surface area contributed by atoms with E-state index in [1.165, 1.54) is 6.92 Å². The lowest BCUT2D eigenvalue weighted by Crippen LogP contribution is -1.88. The molecule has 0 aromatic heterocycles. The molecule has 0 aromatic rings. The first-order valence-corrected chi connectivity index (χ1v) is 2.62. The summed E-state index contributed by atoms with van der Waals surface area (Å²) in [6, 6.07) is 0. The van der Waals surface area contributed by atoms with Crippen LogP contribution in [0.1, 0.15) is 26.2 Å². The van der Waals surface area contributed by atoms with Crippen molar-refractivity contribution in [1.29, 1.82) is 0 Å². The van der Waals surface area contributed by atoms with Gasteiger partial charge in [-0.15, -0.1) is 0 Å². The molecule has 0 aliphatic rings. The van der Waals surface area contributed by atoms with Crippen LogP contribution >= 0.6 is 0 Å². The van der Waals surface area contributed by atoms with E-state index in [4.69, 9.17) is 0 Å². The summed E-state index contributed by atoms with van der Waals surface area (Å²) in [5.74, 6) is 0.139. The van der Waals surface area contributed by atoms with Crippen molar-refractivity contribution in [3.05, 3.63) is 0 Å². The van der Waals surface area contributed by atoms with Crippen molar-refractivity contribution in [3.8, 4) is 0 Å². The zero-order valence-electron chi connectivity index (χ0n) is 4.94. The van der Waals surface area contributed by atoms with Crippen molar-refractivity contribution in [1.82, 2.24) is 0 Å². The topological polar surface area (TPSA) is 34.1 Å². The van der Waals surface area contributed by atoms with Crippen molar-refractivity contribution in [2.45, 2.75) is 26.2 Å². The molecule has 45 valence electrons. The van der Waals surface area contributed by atoms with Gasteiger partial charge in [0.1, 0.15) is 5.78 Å². The molecule has 0 heterocycles. The second-order valence-electron chi connectivity index (χ2n) is 1.70. The Labute approximate surface area is 48.9 Å². The molecule has 0 atom stereocenters. The molecule has 0 saturated heterocycles. The third kappa shape index (κ3) is 5.34. The van der Waals surface area contributed by atoms with Gasteiger partial charge in [0.05, 0.1) is 0 Å². The Hall–Kier alpha value is -0.660. The van der Waals surface area contributed by atoms with E-state index in [1.807, 2.05) is 0 Å². The van der Waals surface area contributed by atoms with Gasteiger partial charge in [0, 0.05) is 12.8 Å². The van der Waals surface area contributed by atoms with E-state index in [0.29, 0.717) is 19.3 Å². The fraction of sp³-hybridized carbons (Fsp3) is 0.667. The van der Waals surface area contributed by atoms with Crippen LogP contribution in [0.3, 0.4) is 0 Å². The SMILES string of the molecule is CC(=O)CCC[C]=O. The minimum Gasteiger partial charge on any atom is -0.300 e. The Morgan fingerprint density at radius 1 is 1.62 bits per heavy atom. The standard InChI is InChI=1S/C6H9O2/c1-6(8)4-2-3-5-7/h2-4H2,1H3. The lowest BCUT2D eigenvalue weighted by Gasteiger charge is -1.85. The van der Waals surface area contributed by atoms with Gasteiger partial charge < -0.3 is 4.79 Å². The van der Waals surface area contributed by atoms with Crippen molar-refractivity contribution in [2.75, 3.05) is 0 Å².